The van der Waals surface area contributed by atoms with Crippen LogP contribution in [0, 0.1) is 0 Å². The molecule has 0 bridgehead atoms. The van der Waals surface area contributed by atoms with E-state index in [1.54, 1.807) is 7.11 Å². The molecule has 19 heavy (non-hydrogen) atoms. The maximum absolute atomic E-state index is 11.5. The van der Waals surface area contributed by atoms with E-state index in [0.29, 0.717) is 11.5 Å². The molecule has 1 fully saturated rings. The van der Waals surface area contributed by atoms with Gasteiger partial charge in [0.05, 0.1) is 17.4 Å². The van der Waals surface area contributed by atoms with E-state index in [-0.39, 0.29) is 22.2 Å². The summed E-state index contributed by atoms with van der Waals surface area (Å²) in [6.45, 7) is 1.35. The number of amides is 2. The number of methoxy groups -OCH3 is 1. The molecule has 0 radical (unpaired) electrons. The Morgan fingerprint density at radius 2 is 2.05 bits per heavy atom. The first-order chi connectivity index (χ1) is 8.95. The lowest BCUT2D eigenvalue weighted by Gasteiger charge is -2.17. The number of nitrogens with two attached hydrogens (primary N) is 3. The summed E-state index contributed by atoms with van der Waals surface area (Å²) in [5.74, 6) is -1.31. The van der Waals surface area contributed by atoms with E-state index in [4.69, 9.17) is 21.9 Å². The van der Waals surface area contributed by atoms with E-state index >= 15 is 0 Å². The first-order valence-corrected chi connectivity index (χ1v) is 6.57. The molecule has 2 heterocycles. The molecular formula is C11H16N4O3S. The first-order valence-electron chi connectivity index (χ1n) is 5.75. The summed E-state index contributed by atoms with van der Waals surface area (Å²) in [6, 6.07) is 0. The number of thiophene rings is 1. The molecule has 6 N–H and O–H groups in total. The number of carbonyl (C=O) groups is 2. The summed E-state index contributed by atoms with van der Waals surface area (Å²) in [4.78, 5) is 24.9. The van der Waals surface area contributed by atoms with Gasteiger partial charge in [0.25, 0.3) is 11.8 Å². The normalized spacial score (nSPS) is 18.8. The van der Waals surface area contributed by atoms with Crippen molar-refractivity contribution in [2.24, 2.45) is 11.5 Å². The largest absolute Gasteiger partial charge is 0.397 e. The van der Waals surface area contributed by atoms with Gasteiger partial charge in [0.1, 0.15) is 9.88 Å². The van der Waals surface area contributed by atoms with E-state index in [2.05, 4.69) is 0 Å². The van der Waals surface area contributed by atoms with Gasteiger partial charge < -0.3 is 26.8 Å². The van der Waals surface area contributed by atoms with Crippen LogP contribution in [0.2, 0.25) is 0 Å². The zero-order valence-electron chi connectivity index (χ0n) is 10.5. The highest BCUT2D eigenvalue weighted by molar-refractivity contribution is 7.19. The fourth-order valence-electron chi connectivity index (χ4n) is 2.18. The lowest BCUT2D eigenvalue weighted by molar-refractivity contribution is 0.0999. The number of nitrogen functional groups attached to an aromatic ring is 1. The molecular weight excluding hydrogens is 268 g/mol. The summed E-state index contributed by atoms with van der Waals surface area (Å²) in [5.41, 5.74) is 16.6. The molecule has 0 saturated carbocycles. The van der Waals surface area contributed by atoms with E-state index in [9.17, 15) is 9.59 Å². The number of carbonyl (C=O) groups excluding carboxylic acids is 2. The van der Waals surface area contributed by atoms with Crippen LogP contribution in [0.3, 0.4) is 0 Å². The van der Waals surface area contributed by atoms with Gasteiger partial charge in [0, 0.05) is 20.2 Å². The number of primary amides is 2. The molecule has 7 nitrogen and oxygen atoms in total. The molecule has 1 saturated heterocycles. The number of nitrogens with zero attached hydrogens (tertiary/aromatic N) is 1. The number of hydrogen-bond acceptors (Lipinski definition) is 6. The molecule has 1 aliphatic rings. The van der Waals surface area contributed by atoms with Crippen molar-refractivity contribution in [2.75, 3.05) is 30.8 Å². The molecule has 0 aromatic carbocycles. The van der Waals surface area contributed by atoms with Crippen LogP contribution in [-0.2, 0) is 4.74 Å². The number of rotatable bonds is 4. The Morgan fingerprint density at radius 3 is 2.53 bits per heavy atom. The van der Waals surface area contributed by atoms with Crippen molar-refractivity contribution in [3.8, 4) is 0 Å². The van der Waals surface area contributed by atoms with Gasteiger partial charge in [-0.25, -0.2) is 0 Å². The maximum atomic E-state index is 11.5. The van der Waals surface area contributed by atoms with E-state index < -0.39 is 11.8 Å². The SMILES string of the molecule is COC1CCN(c2sc(C(N)=O)c(N)c2C(N)=O)C1. The Kier molecular flexibility index (Phi) is 3.63. The predicted octanol–water partition coefficient (Wildman–Crippen LogP) is -0.247. The van der Waals surface area contributed by atoms with Gasteiger partial charge in [-0.15, -0.1) is 11.3 Å². The number of anilines is 2. The molecule has 0 spiro atoms. The first kappa shape index (κ1) is 13.6. The van der Waals surface area contributed by atoms with Gasteiger partial charge in [-0.05, 0) is 6.42 Å². The van der Waals surface area contributed by atoms with Crippen LogP contribution in [0.1, 0.15) is 26.5 Å². The molecule has 2 amide bonds. The lowest BCUT2D eigenvalue weighted by atomic mass is 10.2. The standard InChI is InChI=1S/C11H16N4O3S/c1-18-5-2-3-15(4-5)11-6(9(13)16)7(12)8(19-11)10(14)17/h5H,2-4,12H2,1H3,(H2,13,16)(H2,14,17). The molecule has 1 aromatic rings. The van der Waals surface area contributed by atoms with Gasteiger partial charge in [-0.2, -0.15) is 0 Å². The smallest absolute Gasteiger partial charge is 0.260 e. The van der Waals surface area contributed by atoms with E-state index in [0.717, 1.165) is 24.3 Å². The Balaban J connectivity index is 2.42. The van der Waals surface area contributed by atoms with Gasteiger partial charge >= 0.3 is 0 Å². The fraction of sp³-hybridized carbons (Fsp3) is 0.455. The predicted molar refractivity (Wildman–Crippen MR) is 73.4 cm³/mol. The topological polar surface area (TPSA) is 125 Å². The minimum Gasteiger partial charge on any atom is -0.397 e. The van der Waals surface area contributed by atoms with Crippen molar-refractivity contribution in [1.29, 1.82) is 0 Å². The van der Waals surface area contributed by atoms with Crippen molar-refractivity contribution in [3.63, 3.8) is 0 Å². The highest BCUT2D eigenvalue weighted by Crippen LogP contribution is 2.39. The van der Waals surface area contributed by atoms with Crippen LogP contribution in [0.15, 0.2) is 0 Å². The summed E-state index contributed by atoms with van der Waals surface area (Å²) in [5, 5.41) is 0.596. The molecule has 2 rings (SSSR count). The Morgan fingerprint density at radius 1 is 1.37 bits per heavy atom. The van der Waals surface area contributed by atoms with Crippen LogP contribution in [-0.4, -0.2) is 38.1 Å². The number of ether oxygens (including phenoxy) is 1. The second-order valence-corrected chi connectivity index (χ2v) is 5.34. The number of hydrogen-bond donors (Lipinski definition) is 3. The van der Waals surface area contributed by atoms with Gasteiger partial charge in [-0.3, -0.25) is 9.59 Å². The average molecular weight is 284 g/mol. The summed E-state index contributed by atoms with van der Waals surface area (Å²) >= 11 is 1.10. The molecule has 1 aliphatic heterocycles. The molecule has 8 heteroatoms. The molecule has 1 unspecified atom stereocenters. The van der Waals surface area contributed by atoms with Crippen molar-refractivity contribution in [3.05, 3.63) is 10.4 Å². The minimum atomic E-state index is -0.655. The van der Waals surface area contributed by atoms with Crippen molar-refractivity contribution in [2.45, 2.75) is 12.5 Å². The monoisotopic (exact) mass is 284 g/mol. The van der Waals surface area contributed by atoms with Crippen molar-refractivity contribution in [1.82, 2.24) is 0 Å². The van der Waals surface area contributed by atoms with Crippen LogP contribution in [0.5, 0.6) is 0 Å². The molecule has 104 valence electrons. The Hall–Kier alpha value is -1.80. The second kappa shape index (κ2) is 5.06. The maximum Gasteiger partial charge on any atom is 0.260 e. The van der Waals surface area contributed by atoms with Gasteiger partial charge in [0.15, 0.2) is 0 Å². The zero-order chi connectivity index (χ0) is 14.2. The van der Waals surface area contributed by atoms with Crippen molar-refractivity contribution >= 4 is 33.8 Å². The van der Waals surface area contributed by atoms with E-state index in [1.165, 1.54) is 0 Å². The summed E-state index contributed by atoms with van der Waals surface area (Å²) in [6.07, 6.45) is 0.944. The van der Waals surface area contributed by atoms with E-state index in [1.807, 2.05) is 4.90 Å². The third-order valence-corrected chi connectivity index (χ3v) is 4.44. The second-order valence-electron chi connectivity index (χ2n) is 4.35. The van der Waals surface area contributed by atoms with Crippen molar-refractivity contribution < 1.29 is 14.3 Å². The average Bonchev–Trinajstić information content (AvgIpc) is 2.92. The van der Waals surface area contributed by atoms with Crippen LogP contribution in [0.25, 0.3) is 0 Å². The summed E-state index contributed by atoms with van der Waals surface area (Å²) in [7, 11) is 1.64. The molecule has 0 aliphatic carbocycles. The quantitative estimate of drug-likeness (QED) is 0.703. The lowest BCUT2D eigenvalue weighted by Crippen LogP contribution is -2.24. The molecule has 1 atom stereocenters. The zero-order valence-corrected chi connectivity index (χ0v) is 11.3. The summed E-state index contributed by atoms with van der Waals surface area (Å²) < 4.78 is 5.27. The Labute approximate surface area is 114 Å². The van der Waals surface area contributed by atoms with Gasteiger partial charge in [-0.1, -0.05) is 0 Å². The highest BCUT2D eigenvalue weighted by atomic mass is 32.1. The minimum absolute atomic E-state index is 0.0702. The highest BCUT2D eigenvalue weighted by Gasteiger charge is 2.30. The van der Waals surface area contributed by atoms with Crippen LogP contribution >= 0.6 is 11.3 Å². The fourth-order valence-corrected chi connectivity index (χ4v) is 3.29. The van der Waals surface area contributed by atoms with Crippen LogP contribution in [0.4, 0.5) is 10.7 Å². The molecule has 1 aromatic heterocycles. The van der Waals surface area contributed by atoms with Crippen LogP contribution < -0.4 is 22.1 Å². The van der Waals surface area contributed by atoms with Gasteiger partial charge in [0.2, 0.25) is 0 Å². The Bertz CT molecular complexity index is 528. The third-order valence-electron chi connectivity index (χ3n) is 3.16. The third kappa shape index (κ3) is 2.36.